The van der Waals surface area contributed by atoms with E-state index in [9.17, 15) is 0 Å². The van der Waals surface area contributed by atoms with E-state index in [4.69, 9.17) is 0 Å². The molecule has 1 saturated heterocycles. The van der Waals surface area contributed by atoms with Gasteiger partial charge in [-0.05, 0) is 25.1 Å². The van der Waals surface area contributed by atoms with Gasteiger partial charge in [0.05, 0.1) is 0 Å². The van der Waals surface area contributed by atoms with E-state index in [0.717, 1.165) is 31.0 Å². The number of rotatable bonds is 6. The first kappa shape index (κ1) is 13.6. The van der Waals surface area contributed by atoms with E-state index in [-0.39, 0.29) is 0 Å². The molecule has 1 aromatic heterocycles. The second-order valence-corrected chi connectivity index (χ2v) is 5.85. The zero-order valence-corrected chi connectivity index (χ0v) is 12.0. The zero-order valence-electron chi connectivity index (χ0n) is 11.2. The van der Waals surface area contributed by atoms with E-state index in [1.54, 1.807) is 0 Å². The fraction of sp³-hybridized carbons (Fsp3) is 0.692. The number of aromatic nitrogens is 2. The predicted molar refractivity (Wildman–Crippen MR) is 78.2 cm³/mol. The first-order valence-electron chi connectivity index (χ1n) is 6.63. The molecule has 1 aliphatic heterocycles. The molecule has 2 heterocycles. The Hall–Kier alpha value is -0.810. The van der Waals surface area contributed by atoms with E-state index >= 15 is 0 Å². The lowest BCUT2D eigenvalue weighted by Gasteiger charge is -2.23. The molecule has 0 aromatic carbocycles. The van der Waals surface area contributed by atoms with Crippen molar-refractivity contribution in [2.45, 2.75) is 32.4 Å². The number of nitrogens with zero attached hydrogens (tertiary/aromatic N) is 3. The molecule has 0 radical (unpaired) electrons. The Morgan fingerprint density at radius 1 is 1.44 bits per heavy atom. The molecule has 5 heteroatoms. The van der Waals surface area contributed by atoms with Crippen molar-refractivity contribution in [2.24, 2.45) is 0 Å². The molecular formula is C13H22N4S. The average molecular weight is 266 g/mol. The highest BCUT2D eigenvalue weighted by molar-refractivity contribution is 7.99. The van der Waals surface area contributed by atoms with Gasteiger partial charge in [-0.2, -0.15) is 11.8 Å². The minimum absolute atomic E-state index is 0.596. The van der Waals surface area contributed by atoms with Gasteiger partial charge in [-0.25, -0.2) is 9.97 Å². The molecule has 2 rings (SSSR count). The van der Waals surface area contributed by atoms with Crippen molar-refractivity contribution >= 4 is 17.7 Å². The van der Waals surface area contributed by atoms with Gasteiger partial charge in [0.2, 0.25) is 5.95 Å². The summed E-state index contributed by atoms with van der Waals surface area (Å²) in [6.07, 6.45) is 6.26. The van der Waals surface area contributed by atoms with Crippen molar-refractivity contribution < 1.29 is 0 Å². The first-order chi connectivity index (χ1) is 8.81. The lowest BCUT2D eigenvalue weighted by molar-refractivity contribution is 0.663. The topological polar surface area (TPSA) is 41.1 Å². The van der Waals surface area contributed by atoms with Crippen molar-refractivity contribution in [1.82, 2.24) is 15.3 Å². The smallest absolute Gasteiger partial charge is 0.225 e. The Morgan fingerprint density at radius 2 is 2.22 bits per heavy atom. The van der Waals surface area contributed by atoms with Crippen molar-refractivity contribution in [1.29, 1.82) is 0 Å². The lowest BCUT2D eigenvalue weighted by Crippen LogP contribution is -2.32. The van der Waals surface area contributed by atoms with Crippen LogP contribution in [0.3, 0.4) is 0 Å². The normalized spacial score (nSPS) is 19.1. The number of thioether (sulfide) groups is 1. The van der Waals surface area contributed by atoms with E-state index in [2.05, 4.69) is 34.2 Å². The lowest BCUT2D eigenvalue weighted by atomic mass is 10.2. The van der Waals surface area contributed by atoms with E-state index < -0.39 is 0 Å². The predicted octanol–water partition coefficient (Wildman–Crippen LogP) is 1.92. The quantitative estimate of drug-likeness (QED) is 0.797. The van der Waals surface area contributed by atoms with Crippen LogP contribution < -0.4 is 10.2 Å². The van der Waals surface area contributed by atoms with Crippen LogP contribution in [0.25, 0.3) is 0 Å². The molecule has 0 spiro atoms. The van der Waals surface area contributed by atoms with E-state index in [0.29, 0.717) is 6.04 Å². The molecule has 1 atom stereocenters. The van der Waals surface area contributed by atoms with Crippen LogP contribution in [0.1, 0.15) is 25.3 Å². The number of hydrogen-bond acceptors (Lipinski definition) is 5. The van der Waals surface area contributed by atoms with Crippen LogP contribution in [0, 0.1) is 0 Å². The van der Waals surface area contributed by atoms with Crippen LogP contribution in [0.5, 0.6) is 0 Å². The second-order valence-electron chi connectivity index (χ2n) is 4.70. The summed E-state index contributed by atoms with van der Waals surface area (Å²) in [6, 6.07) is 0.596. The summed E-state index contributed by atoms with van der Waals surface area (Å²) in [6.45, 7) is 4.07. The number of anilines is 1. The number of nitrogens with one attached hydrogen (secondary N) is 1. The molecule has 100 valence electrons. The van der Waals surface area contributed by atoms with Gasteiger partial charge in [0.25, 0.3) is 0 Å². The molecule has 1 aliphatic rings. The minimum Gasteiger partial charge on any atom is -0.340 e. The Labute approximate surface area is 114 Å². The third kappa shape index (κ3) is 3.59. The van der Waals surface area contributed by atoms with E-state index in [1.165, 1.54) is 17.9 Å². The van der Waals surface area contributed by atoms with Gasteiger partial charge in [0.15, 0.2) is 0 Å². The highest BCUT2D eigenvalue weighted by atomic mass is 32.2. The largest absolute Gasteiger partial charge is 0.340 e. The molecule has 0 aliphatic carbocycles. The van der Waals surface area contributed by atoms with Gasteiger partial charge < -0.3 is 10.2 Å². The number of hydrogen-bond donors (Lipinski definition) is 1. The summed E-state index contributed by atoms with van der Waals surface area (Å²) < 4.78 is 0. The summed E-state index contributed by atoms with van der Waals surface area (Å²) in [7, 11) is 2.10. The van der Waals surface area contributed by atoms with Crippen LogP contribution in [0.4, 0.5) is 5.95 Å². The Morgan fingerprint density at radius 3 is 2.83 bits per heavy atom. The van der Waals surface area contributed by atoms with E-state index in [1.807, 2.05) is 24.2 Å². The van der Waals surface area contributed by atoms with Gasteiger partial charge >= 0.3 is 0 Å². The maximum absolute atomic E-state index is 4.47. The van der Waals surface area contributed by atoms with Crippen molar-refractivity contribution in [3.05, 3.63) is 18.0 Å². The SMILES string of the molecule is CCCNCc1cnc(N(C)C2CCSC2)nc1. The standard InChI is InChI=1S/C13H22N4S/c1-3-5-14-7-11-8-15-13(16-9-11)17(2)12-4-6-18-10-12/h8-9,12,14H,3-7,10H2,1-2H3. The molecular weight excluding hydrogens is 244 g/mol. The van der Waals surface area contributed by atoms with Crippen LogP contribution in [0.2, 0.25) is 0 Å². The van der Waals surface area contributed by atoms with Gasteiger partial charge in [-0.1, -0.05) is 6.92 Å². The molecule has 4 nitrogen and oxygen atoms in total. The Balaban J connectivity index is 1.89. The van der Waals surface area contributed by atoms with Crippen molar-refractivity contribution in [3.63, 3.8) is 0 Å². The summed E-state index contributed by atoms with van der Waals surface area (Å²) >= 11 is 2.01. The Bertz CT molecular complexity index is 349. The fourth-order valence-corrected chi connectivity index (χ4v) is 3.29. The average Bonchev–Trinajstić information content (AvgIpc) is 2.93. The zero-order chi connectivity index (χ0) is 12.8. The maximum Gasteiger partial charge on any atom is 0.225 e. The third-order valence-electron chi connectivity index (χ3n) is 3.22. The molecule has 0 bridgehead atoms. The van der Waals surface area contributed by atoms with Gasteiger partial charge in [-0.3, -0.25) is 0 Å². The van der Waals surface area contributed by atoms with Gasteiger partial charge in [0, 0.05) is 43.3 Å². The second kappa shape index (κ2) is 6.95. The van der Waals surface area contributed by atoms with Crippen LogP contribution >= 0.6 is 11.8 Å². The summed E-state index contributed by atoms with van der Waals surface area (Å²) in [5.41, 5.74) is 1.15. The Kier molecular flexibility index (Phi) is 5.26. The van der Waals surface area contributed by atoms with Crippen LogP contribution in [-0.4, -0.2) is 41.1 Å². The molecule has 1 unspecified atom stereocenters. The summed E-state index contributed by atoms with van der Waals surface area (Å²) in [5, 5.41) is 3.36. The summed E-state index contributed by atoms with van der Waals surface area (Å²) in [4.78, 5) is 11.1. The highest BCUT2D eigenvalue weighted by Gasteiger charge is 2.21. The van der Waals surface area contributed by atoms with Crippen molar-refractivity contribution in [2.75, 3.05) is 30.0 Å². The summed E-state index contributed by atoms with van der Waals surface area (Å²) in [5.74, 6) is 3.30. The monoisotopic (exact) mass is 266 g/mol. The fourth-order valence-electron chi connectivity index (χ4n) is 2.02. The first-order valence-corrected chi connectivity index (χ1v) is 7.79. The highest BCUT2D eigenvalue weighted by Crippen LogP contribution is 2.23. The maximum atomic E-state index is 4.47. The molecule has 0 amide bonds. The van der Waals surface area contributed by atoms with Crippen LogP contribution in [0.15, 0.2) is 12.4 Å². The van der Waals surface area contributed by atoms with Crippen LogP contribution in [-0.2, 0) is 6.54 Å². The molecule has 0 saturated carbocycles. The molecule has 18 heavy (non-hydrogen) atoms. The minimum atomic E-state index is 0.596. The molecule has 1 fully saturated rings. The molecule has 1 N–H and O–H groups in total. The van der Waals surface area contributed by atoms with Crippen molar-refractivity contribution in [3.8, 4) is 0 Å². The van der Waals surface area contributed by atoms with Gasteiger partial charge in [-0.15, -0.1) is 0 Å². The third-order valence-corrected chi connectivity index (χ3v) is 4.36. The molecule has 1 aromatic rings. The van der Waals surface area contributed by atoms with Gasteiger partial charge in [0.1, 0.15) is 0 Å².